The van der Waals surface area contributed by atoms with Gasteiger partial charge in [0.25, 0.3) is 5.79 Å². The summed E-state index contributed by atoms with van der Waals surface area (Å²) in [6.45, 7) is 6.17. The van der Waals surface area contributed by atoms with Gasteiger partial charge in [0.1, 0.15) is 5.60 Å². The maximum atomic E-state index is 12.8. The van der Waals surface area contributed by atoms with Crippen LogP contribution in [0.3, 0.4) is 0 Å². The van der Waals surface area contributed by atoms with Gasteiger partial charge in [-0.1, -0.05) is 6.92 Å². The molecule has 0 aromatic rings. The quantitative estimate of drug-likeness (QED) is 0.814. The van der Waals surface area contributed by atoms with Gasteiger partial charge in [-0.3, -0.25) is 4.79 Å². The van der Waals surface area contributed by atoms with Crippen molar-refractivity contribution in [2.45, 2.75) is 64.5 Å². The molecule has 1 saturated heterocycles. The fraction of sp³-hybridized carbons (Fsp3) is 0.923. The van der Waals surface area contributed by atoms with Crippen molar-refractivity contribution in [2.24, 2.45) is 5.41 Å². The number of alkyl halides is 3. The van der Waals surface area contributed by atoms with E-state index in [1.807, 2.05) is 0 Å². The van der Waals surface area contributed by atoms with Crippen LogP contribution in [-0.4, -0.2) is 35.2 Å². The van der Waals surface area contributed by atoms with Crippen LogP contribution in [-0.2, 0) is 14.3 Å². The Balaban J connectivity index is 2.87. The van der Waals surface area contributed by atoms with Gasteiger partial charge >= 0.3 is 12.1 Å². The monoisotopic (exact) mass is 298 g/mol. The minimum atomic E-state index is -4.93. The predicted octanol–water partition coefficient (Wildman–Crippen LogP) is 2.79. The van der Waals surface area contributed by atoms with Crippen LogP contribution < -0.4 is 0 Å². The normalized spacial score (nSPS) is 32.0. The van der Waals surface area contributed by atoms with Crippen LogP contribution in [0.15, 0.2) is 0 Å². The minimum absolute atomic E-state index is 0.108. The predicted molar refractivity (Wildman–Crippen MR) is 64.8 cm³/mol. The number of halogens is 3. The molecule has 4 nitrogen and oxygen atoms in total. The number of hydrogen-bond acceptors (Lipinski definition) is 4. The zero-order valence-electron chi connectivity index (χ0n) is 12.1. The molecule has 1 N–H and O–H groups in total. The summed E-state index contributed by atoms with van der Waals surface area (Å²) in [6.07, 6.45) is -5.14. The lowest BCUT2D eigenvalue weighted by molar-refractivity contribution is -0.391. The molecule has 0 spiro atoms. The zero-order chi connectivity index (χ0) is 15.8. The number of carbonyl (C=O) groups excluding carboxylic acids is 1. The topological polar surface area (TPSA) is 55.8 Å². The van der Waals surface area contributed by atoms with Crippen molar-refractivity contribution < 1.29 is 32.5 Å². The molecular formula is C13H21F3O4. The summed E-state index contributed by atoms with van der Waals surface area (Å²) in [5, 5.41) is 9.58. The summed E-state index contributed by atoms with van der Waals surface area (Å²) in [4.78, 5) is 12.0. The van der Waals surface area contributed by atoms with Gasteiger partial charge in [0.2, 0.25) is 0 Å². The highest BCUT2D eigenvalue weighted by Gasteiger charge is 2.61. The summed E-state index contributed by atoms with van der Waals surface area (Å²) in [5.74, 6) is -3.84. The van der Waals surface area contributed by atoms with Gasteiger partial charge in [-0.05, 0) is 27.2 Å². The molecule has 0 aromatic heterocycles. The molecule has 7 heteroatoms. The summed E-state index contributed by atoms with van der Waals surface area (Å²) >= 11 is 0. The Morgan fingerprint density at radius 2 is 1.95 bits per heavy atom. The Morgan fingerprint density at radius 1 is 1.40 bits per heavy atom. The van der Waals surface area contributed by atoms with E-state index in [1.165, 1.54) is 6.92 Å². The van der Waals surface area contributed by atoms with Crippen LogP contribution in [0.5, 0.6) is 0 Å². The summed E-state index contributed by atoms with van der Waals surface area (Å²) in [6, 6.07) is 0. The van der Waals surface area contributed by atoms with Crippen LogP contribution >= 0.6 is 0 Å². The molecule has 1 aliphatic rings. The number of ether oxygens (including phenoxy) is 2. The average Bonchev–Trinajstić information content (AvgIpc) is 2.26. The number of rotatable bonds is 3. The van der Waals surface area contributed by atoms with Gasteiger partial charge in [-0.2, -0.15) is 13.2 Å². The molecule has 0 amide bonds. The van der Waals surface area contributed by atoms with Crippen molar-refractivity contribution in [2.75, 3.05) is 6.61 Å². The fourth-order valence-corrected chi connectivity index (χ4v) is 1.86. The molecule has 118 valence electrons. The highest BCUT2D eigenvalue weighted by atomic mass is 19.4. The van der Waals surface area contributed by atoms with E-state index in [9.17, 15) is 23.1 Å². The van der Waals surface area contributed by atoms with Gasteiger partial charge in [-0.25, -0.2) is 0 Å². The van der Waals surface area contributed by atoms with Crippen LogP contribution in [0.2, 0.25) is 0 Å². The molecule has 1 heterocycles. The first kappa shape index (κ1) is 17.2. The molecule has 0 bridgehead atoms. The van der Waals surface area contributed by atoms with E-state index in [-0.39, 0.29) is 13.0 Å². The molecule has 2 unspecified atom stereocenters. The number of hydrogen-bond donors (Lipinski definition) is 1. The third-order valence-electron chi connectivity index (χ3n) is 3.80. The molecule has 0 saturated carbocycles. The smallest absolute Gasteiger partial charge is 0.443 e. The fourth-order valence-electron chi connectivity index (χ4n) is 1.86. The summed E-state index contributed by atoms with van der Waals surface area (Å²) in [5.41, 5.74) is -2.18. The van der Waals surface area contributed by atoms with Crippen LogP contribution in [0, 0.1) is 5.41 Å². The molecule has 1 fully saturated rings. The molecule has 1 aliphatic heterocycles. The average molecular weight is 298 g/mol. The van der Waals surface area contributed by atoms with E-state index in [0.29, 0.717) is 6.42 Å². The SMILES string of the molecule is CCC(C)(C)C(=O)OC1(C)CCOC(O)(C(F)(F)F)C1. The summed E-state index contributed by atoms with van der Waals surface area (Å²) < 4.78 is 48.1. The molecular weight excluding hydrogens is 277 g/mol. The van der Waals surface area contributed by atoms with Gasteiger partial charge < -0.3 is 14.6 Å². The first-order valence-electron chi connectivity index (χ1n) is 6.52. The highest BCUT2D eigenvalue weighted by molar-refractivity contribution is 5.76. The second-order valence-electron chi connectivity index (χ2n) is 6.13. The Kier molecular flexibility index (Phi) is 4.46. The lowest BCUT2D eigenvalue weighted by Gasteiger charge is -2.43. The second-order valence-corrected chi connectivity index (χ2v) is 6.13. The van der Waals surface area contributed by atoms with E-state index in [0.717, 1.165) is 0 Å². The Morgan fingerprint density at radius 3 is 2.40 bits per heavy atom. The Labute approximate surface area is 116 Å². The van der Waals surface area contributed by atoms with E-state index < -0.39 is 35.4 Å². The zero-order valence-corrected chi connectivity index (χ0v) is 12.1. The maximum absolute atomic E-state index is 12.8. The highest BCUT2D eigenvalue weighted by Crippen LogP contribution is 2.43. The maximum Gasteiger partial charge on any atom is 0.443 e. The standard InChI is InChI=1S/C13H21F3O4/c1-5-10(2,3)9(17)20-11(4)6-7-19-12(18,8-11)13(14,15)16/h18H,5-8H2,1-4H3. The van der Waals surface area contributed by atoms with Gasteiger partial charge in [-0.15, -0.1) is 0 Å². The molecule has 0 aliphatic carbocycles. The van der Waals surface area contributed by atoms with Crippen molar-refractivity contribution in [1.82, 2.24) is 0 Å². The largest absolute Gasteiger partial charge is 0.459 e. The van der Waals surface area contributed by atoms with E-state index in [4.69, 9.17) is 4.74 Å². The van der Waals surface area contributed by atoms with Crippen LogP contribution in [0.1, 0.15) is 47.0 Å². The van der Waals surface area contributed by atoms with Gasteiger partial charge in [0, 0.05) is 6.42 Å². The minimum Gasteiger partial charge on any atom is -0.459 e. The van der Waals surface area contributed by atoms with Gasteiger partial charge in [0.15, 0.2) is 0 Å². The third kappa shape index (κ3) is 3.44. The summed E-state index contributed by atoms with van der Waals surface area (Å²) in [7, 11) is 0. The van der Waals surface area contributed by atoms with Crippen molar-refractivity contribution in [1.29, 1.82) is 0 Å². The lowest BCUT2D eigenvalue weighted by Crippen LogP contribution is -2.57. The Bertz CT molecular complexity index is 380. The third-order valence-corrected chi connectivity index (χ3v) is 3.80. The van der Waals surface area contributed by atoms with Gasteiger partial charge in [0.05, 0.1) is 18.4 Å². The van der Waals surface area contributed by atoms with E-state index in [1.54, 1.807) is 20.8 Å². The van der Waals surface area contributed by atoms with Crippen molar-refractivity contribution in [3.63, 3.8) is 0 Å². The van der Waals surface area contributed by atoms with Crippen molar-refractivity contribution >= 4 is 5.97 Å². The number of carbonyl (C=O) groups is 1. The van der Waals surface area contributed by atoms with Crippen molar-refractivity contribution in [3.05, 3.63) is 0 Å². The number of aliphatic hydroxyl groups is 1. The Hall–Kier alpha value is -0.820. The lowest BCUT2D eigenvalue weighted by atomic mass is 9.87. The molecule has 20 heavy (non-hydrogen) atoms. The van der Waals surface area contributed by atoms with Crippen LogP contribution in [0.4, 0.5) is 13.2 Å². The van der Waals surface area contributed by atoms with Crippen molar-refractivity contribution in [3.8, 4) is 0 Å². The van der Waals surface area contributed by atoms with E-state index in [2.05, 4.69) is 4.74 Å². The first-order valence-corrected chi connectivity index (χ1v) is 6.52. The molecule has 2 atom stereocenters. The first-order chi connectivity index (χ1) is 8.85. The molecule has 1 rings (SSSR count). The molecule has 0 radical (unpaired) electrons. The molecule has 0 aromatic carbocycles. The van der Waals surface area contributed by atoms with Crippen LogP contribution in [0.25, 0.3) is 0 Å². The second kappa shape index (κ2) is 5.18. The van der Waals surface area contributed by atoms with E-state index >= 15 is 0 Å². The number of esters is 1.